The lowest BCUT2D eigenvalue weighted by atomic mass is 10.1. The lowest BCUT2D eigenvalue weighted by Crippen LogP contribution is -2.23. The van der Waals surface area contributed by atoms with E-state index in [-0.39, 0.29) is 18.6 Å². The first-order valence-corrected chi connectivity index (χ1v) is 9.79. The molecule has 1 fully saturated rings. The molecule has 154 valence electrons. The number of carbonyl (C=O) groups excluding carboxylic acids is 2. The first-order chi connectivity index (χ1) is 14.1. The fraction of sp³-hybridized carbons (Fsp3) is 0.364. The summed E-state index contributed by atoms with van der Waals surface area (Å²) < 4.78 is 16.1. The van der Waals surface area contributed by atoms with Crippen molar-refractivity contribution in [3.05, 3.63) is 59.7 Å². The van der Waals surface area contributed by atoms with Gasteiger partial charge in [0.15, 0.2) is 0 Å². The van der Waals surface area contributed by atoms with Gasteiger partial charge in [0.25, 0.3) is 5.91 Å². The van der Waals surface area contributed by atoms with E-state index in [2.05, 4.69) is 10.6 Å². The molecule has 2 aromatic carbocycles. The highest BCUT2D eigenvalue weighted by Gasteiger charge is 2.16. The molecule has 1 aliphatic heterocycles. The molecule has 3 rings (SSSR count). The third-order valence-corrected chi connectivity index (χ3v) is 4.48. The van der Waals surface area contributed by atoms with Crippen molar-refractivity contribution < 1.29 is 23.8 Å². The van der Waals surface area contributed by atoms with Crippen molar-refractivity contribution in [2.45, 2.75) is 32.4 Å². The molecule has 0 saturated carbocycles. The molecule has 7 nitrogen and oxygen atoms in total. The Morgan fingerprint density at radius 2 is 2.00 bits per heavy atom. The number of ether oxygens (including phenoxy) is 3. The number of amides is 2. The highest BCUT2D eigenvalue weighted by molar-refractivity contribution is 5.96. The first kappa shape index (κ1) is 20.7. The maximum Gasteiger partial charge on any atom is 0.411 e. The summed E-state index contributed by atoms with van der Waals surface area (Å²) in [7, 11) is 0. The molecule has 7 heteroatoms. The Labute approximate surface area is 170 Å². The van der Waals surface area contributed by atoms with Gasteiger partial charge in [0.2, 0.25) is 0 Å². The van der Waals surface area contributed by atoms with Gasteiger partial charge in [-0.25, -0.2) is 4.79 Å². The molecule has 29 heavy (non-hydrogen) atoms. The van der Waals surface area contributed by atoms with Crippen LogP contribution in [0.25, 0.3) is 0 Å². The molecule has 1 saturated heterocycles. The number of carbonyl (C=O) groups is 2. The van der Waals surface area contributed by atoms with Gasteiger partial charge in [-0.15, -0.1) is 0 Å². The van der Waals surface area contributed by atoms with Gasteiger partial charge in [-0.1, -0.05) is 18.2 Å². The highest BCUT2D eigenvalue weighted by Crippen LogP contribution is 2.17. The third kappa shape index (κ3) is 6.50. The van der Waals surface area contributed by atoms with Gasteiger partial charge in [0.05, 0.1) is 12.7 Å². The lowest BCUT2D eigenvalue weighted by molar-refractivity contribution is 0.0679. The zero-order valence-electron chi connectivity index (χ0n) is 16.5. The second-order valence-electron chi connectivity index (χ2n) is 6.70. The van der Waals surface area contributed by atoms with Crippen molar-refractivity contribution in [3.63, 3.8) is 0 Å². The molecular formula is C22H26N2O5. The lowest BCUT2D eigenvalue weighted by Gasteiger charge is -2.12. The minimum atomic E-state index is -0.549. The number of hydrogen-bond acceptors (Lipinski definition) is 5. The Morgan fingerprint density at radius 1 is 1.17 bits per heavy atom. The molecule has 1 aliphatic rings. The van der Waals surface area contributed by atoms with Crippen molar-refractivity contribution in [3.8, 4) is 5.75 Å². The summed E-state index contributed by atoms with van der Waals surface area (Å²) in [5.74, 6) is 0.560. The van der Waals surface area contributed by atoms with E-state index in [0.717, 1.165) is 30.8 Å². The number of hydrogen-bond donors (Lipinski definition) is 2. The number of rotatable bonds is 8. The first-order valence-electron chi connectivity index (χ1n) is 9.79. The molecule has 0 aliphatic carbocycles. The van der Waals surface area contributed by atoms with Crippen molar-refractivity contribution in [1.82, 2.24) is 5.32 Å². The molecule has 0 radical (unpaired) electrons. The maximum atomic E-state index is 12.4. The van der Waals surface area contributed by atoms with Gasteiger partial charge >= 0.3 is 6.09 Å². The van der Waals surface area contributed by atoms with Crippen LogP contribution in [0.15, 0.2) is 48.5 Å². The van der Waals surface area contributed by atoms with Gasteiger partial charge in [-0.3, -0.25) is 10.1 Å². The number of nitrogens with one attached hydrogen (secondary N) is 2. The molecular weight excluding hydrogens is 372 g/mol. The van der Waals surface area contributed by atoms with Crippen molar-refractivity contribution >= 4 is 17.7 Å². The normalized spacial score (nSPS) is 15.6. The fourth-order valence-electron chi connectivity index (χ4n) is 2.98. The van der Waals surface area contributed by atoms with Crippen LogP contribution in [-0.2, 0) is 16.0 Å². The average molecular weight is 398 g/mol. The summed E-state index contributed by atoms with van der Waals surface area (Å²) in [6.07, 6.45) is 1.77. The summed E-state index contributed by atoms with van der Waals surface area (Å²) in [5.41, 5.74) is 1.92. The maximum absolute atomic E-state index is 12.4. The van der Waals surface area contributed by atoms with E-state index in [9.17, 15) is 9.59 Å². The van der Waals surface area contributed by atoms with Crippen LogP contribution in [0.5, 0.6) is 5.75 Å². The highest BCUT2D eigenvalue weighted by atomic mass is 16.5. The van der Waals surface area contributed by atoms with E-state index >= 15 is 0 Å². The zero-order chi connectivity index (χ0) is 20.5. The Hall–Kier alpha value is -3.06. The standard InChI is InChI=1S/C22H26N2O5/c1-2-27-22(26)24-18-6-3-5-17(13-18)21(25)23-14-16-8-10-19(11-9-16)29-15-20-7-4-12-28-20/h3,5-6,8-11,13,20H,2,4,7,12,14-15H2,1H3,(H,23,25)(H,24,26). The predicted octanol–water partition coefficient (Wildman–Crippen LogP) is 3.74. The topological polar surface area (TPSA) is 85.9 Å². The molecule has 2 N–H and O–H groups in total. The van der Waals surface area contributed by atoms with E-state index in [1.165, 1.54) is 0 Å². The summed E-state index contributed by atoms with van der Waals surface area (Å²) >= 11 is 0. The summed E-state index contributed by atoms with van der Waals surface area (Å²) in [6.45, 7) is 3.78. The summed E-state index contributed by atoms with van der Waals surface area (Å²) in [4.78, 5) is 23.9. The van der Waals surface area contributed by atoms with E-state index in [1.807, 2.05) is 24.3 Å². The minimum absolute atomic E-state index is 0.183. The largest absolute Gasteiger partial charge is 0.491 e. The van der Waals surface area contributed by atoms with E-state index in [0.29, 0.717) is 24.4 Å². The quantitative estimate of drug-likeness (QED) is 0.707. The Kier molecular flexibility index (Phi) is 7.47. The SMILES string of the molecule is CCOC(=O)Nc1cccc(C(=O)NCc2ccc(OCC3CCCO3)cc2)c1. The molecule has 1 heterocycles. The Morgan fingerprint density at radius 3 is 2.72 bits per heavy atom. The smallest absolute Gasteiger partial charge is 0.411 e. The van der Waals surface area contributed by atoms with Crippen LogP contribution < -0.4 is 15.4 Å². The van der Waals surface area contributed by atoms with E-state index in [4.69, 9.17) is 14.2 Å². The second-order valence-corrected chi connectivity index (χ2v) is 6.70. The van der Waals surface area contributed by atoms with Crippen LogP contribution in [0.2, 0.25) is 0 Å². The van der Waals surface area contributed by atoms with E-state index in [1.54, 1.807) is 31.2 Å². The van der Waals surface area contributed by atoms with Gasteiger partial charge in [0, 0.05) is 24.4 Å². The molecule has 2 amide bonds. The molecule has 0 spiro atoms. The molecule has 1 unspecified atom stereocenters. The summed E-state index contributed by atoms with van der Waals surface area (Å²) in [5, 5.41) is 5.46. The molecule has 1 atom stereocenters. The van der Waals surface area contributed by atoms with Gasteiger partial charge in [0.1, 0.15) is 12.4 Å². The number of anilines is 1. The fourth-order valence-corrected chi connectivity index (χ4v) is 2.98. The van der Waals surface area contributed by atoms with Crippen LogP contribution in [0.4, 0.5) is 10.5 Å². The van der Waals surface area contributed by atoms with Crippen LogP contribution in [-0.4, -0.2) is 37.9 Å². The minimum Gasteiger partial charge on any atom is -0.491 e. The third-order valence-electron chi connectivity index (χ3n) is 4.48. The molecule has 0 aromatic heterocycles. The predicted molar refractivity (Wildman–Crippen MR) is 109 cm³/mol. The van der Waals surface area contributed by atoms with Gasteiger partial charge in [-0.05, 0) is 55.7 Å². The van der Waals surface area contributed by atoms with Crippen LogP contribution in [0, 0.1) is 0 Å². The van der Waals surface area contributed by atoms with Gasteiger partial charge in [-0.2, -0.15) is 0 Å². The van der Waals surface area contributed by atoms with E-state index < -0.39 is 6.09 Å². The van der Waals surface area contributed by atoms with Crippen LogP contribution in [0.3, 0.4) is 0 Å². The van der Waals surface area contributed by atoms with Crippen molar-refractivity contribution in [2.75, 3.05) is 25.1 Å². The Bertz CT molecular complexity index is 816. The van der Waals surface area contributed by atoms with Crippen molar-refractivity contribution in [1.29, 1.82) is 0 Å². The van der Waals surface area contributed by atoms with Crippen LogP contribution >= 0.6 is 0 Å². The van der Waals surface area contributed by atoms with Gasteiger partial charge < -0.3 is 19.5 Å². The molecule has 2 aromatic rings. The Balaban J connectivity index is 1.47. The van der Waals surface area contributed by atoms with Crippen molar-refractivity contribution in [2.24, 2.45) is 0 Å². The zero-order valence-corrected chi connectivity index (χ0v) is 16.5. The molecule has 0 bridgehead atoms. The second kappa shape index (κ2) is 10.5. The average Bonchev–Trinajstić information content (AvgIpc) is 3.25. The monoisotopic (exact) mass is 398 g/mol. The number of benzene rings is 2. The summed E-state index contributed by atoms with van der Waals surface area (Å²) in [6, 6.07) is 14.3. The van der Waals surface area contributed by atoms with Crippen LogP contribution in [0.1, 0.15) is 35.7 Å².